The topological polar surface area (TPSA) is 58.6 Å². The van der Waals surface area contributed by atoms with E-state index < -0.39 is 0 Å². The smallest absolute Gasteiger partial charge is 0.261 e. The highest BCUT2D eigenvalue weighted by molar-refractivity contribution is 7.13. The van der Waals surface area contributed by atoms with Gasteiger partial charge in [0.05, 0.1) is 24.1 Å². The Kier molecular flexibility index (Phi) is 4.74. The zero-order chi connectivity index (χ0) is 11.3. The Balaban J connectivity index is 2.54. The van der Waals surface area contributed by atoms with Crippen LogP contribution >= 0.6 is 11.3 Å². The van der Waals surface area contributed by atoms with E-state index in [1.807, 2.05) is 13.0 Å². The van der Waals surface area contributed by atoms with Crippen LogP contribution in [-0.2, 0) is 4.74 Å². The highest BCUT2D eigenvalue weighted by Gasteiger charge is 2.13. The van der Waals surface area contributed by atoms with Gasteiger partial charge in [-0.2, -0.15) is 0 Å². The summed E-state index contributed by atoms with van der Waals surface area (Å²) in [5.74, 6) is -0.163. The predicted octanol–water partition coefficient (Wildman–Crippen LogP) is 0.794. The summed E-state index contributed by atoms with van der Waals surface area (Å²) in [7, 11) is 1.53. The molecule has 1 rings (SSSR count). The Morgan fingerprint density at radius 2 is 2.40 bits per heavy atom. The van der Waals surface area contributed by atoms with E-state index in [2.05, 4.69) is 5.32 Å². The van der Waals surface area contributed by atoms with E-state index >= 15 is 0 Å². The molecule has 0 bridgehead atoms. The molecule has 1 atom stereocenters. The van der Waals surface area contributed by atoms with E-state index in [-0.39, 0.29) is 18.6 Å². The van der Waals surface area contributed by atoms with Gasteiger partial charge in [-0.15, -0.1) is 11.3 Å². The standard InChI is InChI=1S/C10H15NO3S/c1-7-3-4-9(15-7)10(13)11-8(5-12)6-14-2/h3-4,8,12H,5-6H2,1-2H3,(H,11,13). The van der Waals surface area contributed by atoms with Gasteiger partial charge in [0.2, 0.25) is 0 Å². The minimum atomic E-state index is -0.343. The molecule has 0 saturated heterocycles. The number of aryl methyl sites for hydroxylation is 1. The summed E-state index contributed by atoms with van der Waals surface area (Å²) in [4.78, 5) is 13.4. The summed E-state index contributed by atoms with van der Waals surface area (Å²) in [5.41, 5.74) is 0. The monoisotopic (exact) mass is 229 g/mol. The molecule has 0 fully saturated rings. The van der Waals surface area contributed by atoms with Crippen molar-refractivity contribution in [2.75, 3.05) is 20.3 Å². The minimum Gasteiger partial charge on any atom is -0.394 e. The predicted molar refractivity (Wildman–Crippen MR) is 59.3 cm³/mol. The summed E-state index contributed by atoms with van der Waals surface area (Å²) in [5, 5.41) is 11.7. The summed E-state index contributed by atoms with van der Waals surface area (Å²) in [6.45, 7) is 2.14. The minimum absolute atomic E-state index is 0.121. The summed E-state index contributed by atoms with van der Waals surface area (Å²) in [6.07, 6.45) is 0. The number of ether oxygens (including phenoxy) is 1. The number of aliphatic hydroxyl groups excluding tert-OH is 1. The van der Waals surface area contributed by atoms with Gasteiger partial charge in [-0.25, -0.2) is 0 Å². The van der Waals surface area contributed by atoms with Gasteiger partial charge < -0.3 is 15.2 Å². The van der Waals surface area contributed by atoms with Crippen molar-refractivity contribution in [1.82, 2.24) is 5.32 Å². The maximum atomic E-state index is 11.6. The summed E-state index contributed by atoms with van der Waals surface area (Å²) >= 11 is 1.43. The fraction of sp³-hybridized carbons (Fsp3) is 0.500. The molecule has 5 heteroatoms. The Morgan fingerprint density at radius 1 is 1.67 bits per heavy atom. The van der Waals surface area contributed by atoms with E-state index in [0.717, 1.165) is 4.88 Å². The molecule has 1 amide bonds. The van der Waals surface area contributed by atoms with Crippen LogP contribution in [0.25, 0.3) is 0 Å². The number of carbonyl (C=O) groups excluding carboxylic acids is 1. The highest BCUT2D eigenvalue weighted by atomic mass is 32.1. The lowest BCUT2D eigenvalue weighted by Gasteiger charge is -2.14. The van der Waals surface area contributed by atoms with Crippen LogP contribution in [0.5, 0.6) is 0 Å². The molecule has 0 radical (unpaired) electrons. The van der Waals surface area contributed by atoms with Crippen LogP contribution in [0.1, 0.15) is 14.5 Å². The second-order valence-corrected chi connectivity index (χ2v) is 4.51. The van der Waals surface area contributed by atoms with Gasteiger partial charge in [0.15, 0.2) is 0 Å². The third-order valence-corrected chi connectivity index (χ3v) is 2.89. The van der Waals surface area contributed by atoms with Gasteiger partial charge in [-0.05, 0) is 19.1 Å². The van der Waals surface area contributed by atoms with Gasteiger partial charge in [0.1, 0.15) is 0 Å². The number of amides is 1. The lowest BCUT2D eigenvalue weighted by atomic mass is 10.3. The van der Waals surface area contributed by atoms with Crippen LogP contribution in [0, 0.1) is 6.92 Å². The number of rotatable bonds is 5. The Labute approximate surface area is 92.9 Å². The number of nitrogens with one attached hydrogen (secondary N) is 1. The zero-order valence-corrected chi connectivity index (χ0v) is 9.63. The number of hydrogen-bond donors (Lipinski definition) is 2. The average Bonchev–Trinajstić information content (AvgIpc) is 2.64. The summed E-state index contributed by atoms with van der Waals surface area (Å²) < 4.78 is 4.87. The zero-order valence-electron chi connectivity index (χ0n) is 8.82. The molecule has 0 aliphatic carbocycles. The number of hydrogen-bond acceptors (Lipinski definition) is 4. The second-order valence-electron chi connectivity index (χ2n) is 3.22. The van der Waals surface area contributed by atoms with E-state index in [1.54, 1.807) is 6.07 Å². The Morgan fingerprint density at radius 3 is 2.87 bits per heavy atom. The summed E-state index contributed by atoms with van der Waals surface area (Å²) in [6, 6.07) is 3.32. The first-order valence-electron chi connectivity index (χ1n) is 4.64. The number of carbonyl (C=O) groups is 1. The van der Waals surface area contributed by atoms with E-state index in [0.29, 0.717) is 11.5 Å². The Hall–Kier alpha value is -0.910. The van der Waals surface area contributed by atoms with Crippen molar-refractivity contribution in [3.8, 4) is 0 Å². The highest BCUT2D eigenvalue weighted by Crippen LogP contribution is 2.14. The van der Waals surface area contributed by atoms with Gasteiger partial charge in [0.25, 0.3) is 5.91 Å². The van der Waals surface area contributed by atoms with E-state index in [4.69, 9.17) is 9.84 Å². The Bertz CT molecular complexity index is 324. The molecule has 0 spiro atoms. The van der Waals surface area contributed by atoms with Crippen molar-refractivity contribution in [1.29, 1.82) is 0 Å². The lowest BCUT2D eigenvalue weighted by Crippen LogP contribution is -2.40. The van der Waals surface area contributed by atoms with Crippen LogP contribution in [0.15, 0.2) is 12.1 Å². The van der Waals surface area contributed by atoms with Crippen molar-refractivity contribution in [2.24, 2.45) is 0 Å². The molecular weight excluding hydrogens is 214 g/mol. The van der Waals surface area contributed by atoms with Gasteiger partial charge in [0, 0.05) is 12.0 Å². The molecule has 1 unspecified atom stereocenters. The quantitative estimate of drug-likeness (QED) is 0.785. The molecule has 0 aromatic carbocycles. The number of aliphatic hydroxyl groups is 1. The third-order valence-electron chi connectivity index (χ3n) is 1.89. The van der Waals surface area contributed by atoms with Gasteiger partial charge in [-0.1, -0.05) is 0 Å². The molecule has 0 aliphatic heterocycles. The van der Waals surface area contributed by atoms with Crippen LogP contribution in [0.2, 0.25) is 0 Å². The first-order chi connectivity index (χ1) is 7.17. The molecule has 4 nitrogen and oxygen atoms in total. The number of thiophene rings is 1. The molecule has 0 aliphatic rings. The molecule has 84 valence electrons. The maximum Gasteiger partial charge on any atom is 0.261 e. The fourth-order valence-corrected chi connectivity index (χ4v) is 1.92. The molecule has 0 saturated carbocycles. The van der Waals surface area contributed by atoms with Crippen molar-refractivity contribution < 1.29 is 14.6 Å². The largest absolute Gasteiger partial charge is 0.394 e. The van der Waals surface area contributed by atoms with Gasteiger partial charge in [-0.3, -0.25) is 4.79 Å². The molecule has 1 heterocycles. The average molecular weight is 229 g/mol. The normalized spacial score (nSPS) is 12.5. The van der Waals surface area contributed by atoms with Crippen molar-refractivity contribution in [3.05, 3.63) is 21.9 Å². The van der Waals surface area contributed by atoms with Crippen LogP contribution in [0.4, 0.5) is 0 Å². The molecular formula is C10H15NO3S. The molecule has 2 N–H and O–H groups in total. The third kappa shape index (κ3) is 3.62. The van der Waals surface area contributed by atoms with E-state index in [9.17, 15) is 4.79 Å². The first kappa shape index (κ1) is 12.2. The lowest BCUT2D eigenvalue weighted by molar-refractivity contribution is 0.0843. The van der Waals surface area contributed by atoms with Crippen molar-refractivity contribution >= 4 is 17.2 Å². The van der Waals surface area contributed by atoms with Gasteiger partial charge >= 0.3 is 0 Å². The fourth-order valence-electron chi connectivity index (χ4n) is 1.15. The first-order valence-corrected chi connectivity index (χ1v) is 5.46. The van der Waals surface area contributed by atoms with Crippen molar-refractivity contribution in [3.63, 3.8) is 0 Å². The van der Waals surface area contributed by atoms with Crippen molar-refractivity contribution in [2.45, 2.75) is 13.0 Å². The SMILES string of the molecule is COCC(CO)NC(=O)c1ccc(C)s1. The molecule has 15 heavy (non-hydrogen) atoms. The van der Waals surface area contributed by atoms with Crippen LogP contribution in [0.3, 0.4) is 0 Å². The van der Waals surface area contributed by atoms with E-state index in [1.165, 1.54) is 18.4 Å². The second kappa shape index (κ2) is 5.85. The van der Waals surface area contributed by atoms with Crippen LogP contribution in [-0.4, -0.2) is 37.4 Å². The molecule has 1 aromatic heterocycles. The maximum absolute atomic E-state index is 11.6. The number of methoxy groups -OCH3 is 1. The van der Waals surface area contributed by atoms with Crippen LogP contribution < -0.4 is 5.32 Å². The molecule has 1 aromatic rings.